The maximum atomic E-state index is 11.9. The summed E-state index contributed by atoms with van der Waals surface area (Å²) in [6, 6.07) is 6.60. The van der Waals surface area contributed by atoms with E-state index in [1.165, 1.54) is 19.3 Å². The van der Waals surface area contributed by atoms with Crippen molar-refractivity contribution in [2.75, 3.05) is 19.6 Å². The predicted octanol–water partition coefficient (Wildman–Crippen LogP) is 2.45. The van der Waals surface area contributed by atoms with Crippen molar-refractivity contribution in [3.8, 4) is 5.75 Å². The van der Waals surface area contributed by atoms with Crippen LogP contribution < -0.4 is 0 Å². The van der Waals surface area contributed by atoms with Crippen molar-refractivity contribution in [3.05, 3.63) is 29.8 Å². The van der Waals surface area contributed by atoms with E-state index in [1.54, 1.807) is 24.3 Å². The number of ketones is 1. The van der Waals surface area contributed by atoms with E-state index in [4.69, 9.17) is 0 Å². The molecule has 0 aliphatic carbocycles. The van der Waals surface area contributed by atoms with Crippen LogP contribution in [0, 0.1) is 0 Å². The van der Waals surface area contributed by atoms with E-state index in [0.29, 0.717) is 12.0 Å². The summed E-state index contributed by atoms with van der Waals surface area (Å²) in [7, 11) is 0. The highest BCUT2D eigenvalue weighted by molar-refractivity contribution is 5.96. The zero-order chi connectivity index (χ0) is 12.1. The van der Waals surface area contributed by atoms with Gasteiger partial charge in [0.2, 0.25) is 0 Å². The lowest BCUT2D eigenvalue weighted by Gasteiger charge is -2.25. The molecule has 1 N–H and O–H groups in total. The number of phenolic OH excluding ortho intramolecular Hbond substituents is 1. The highest BCUT2D eigenvalue weighted by Gasteiger charge is 2.12. The molecule has 0 saturated carbocycles. The molecule has 17 heavy (non-hydrogen) atoms. The van der Waals surface area contributed by atoms with Crippen molar-refractivity contribution in [2.45, 2.75) is 25.7 Å². The van der Waals surface area contributed by atoms with E-state index in [2.05, 4.69) is 4.90 Å². The van der Waals surface area contributed by atoms with Gasteiger partial charge in [-0.05, 0) is 38.1 Å². The van der Waals surface area contributed by atoms with Gasteiger partial charge in [0, 0.05) is 18.5 Å². The second-order valence-electron chi connectivity index (χ2n) is 4.63. The number of piperidine rings is 1. The second kappa shape index (κ2) is 5.82. The number of hydrogen-bond acceptors (Lipinski definition) is 3. The number of nitrogens with zero attached hydrogens (tertiary/aromatic N) is 1. The van der Waals surface area contributed by atoms with Crippen LogP contribution in [0.3, 0.4) is 0 Å². The number of likely N-dealkylation sites (tertiary alicyclic amines) is 1. The molecule has 0 atom stereocenters. The van der Waals surface area contributed by atoms with Crippen LogP contribution in [0.4, 0.5) is 0 Å². The topological polar surface area (TPSA) is 40.5 Å². The highest BCUT2D eigenvalue weighted by atomic mass is 16.3. The van der Waals surface area contributed by atoms with Crippen LogP contribution in [0.15, 0.2) is 24.3 Å². The van der Waals surface area contributed by atoms with Crippen LogP contribution in [0.2, 0.25) is 0 Å². The second-order valence-corrected chi connectivity index (χ2v) is 4.63. The van der Waals surface area contributed by atoms with E-state index in [0.717, 1.165) is 19.6 Å². The van der Waals surface area contributed by atoms with Gasteiger partial charge in [0.1, 0.15) is 5.75 Å². The molecule has 1 aromatic rings. The van der Waals surface area contributed by atoms with E-state index < -0.39 is 0 Å². The molecule has 1 heterocycles. The Labute approximate surface area is 102 Å². The Morgan fingerprint density at radius 3 is 2.71 bits per heavy atom. The Morgan fingerprint density at radius 2 is 2.00 bits per heavy atom. The van der Waals surface area contributed by atoms with Gasteiger partial charge in [-0.3, -0.25) is 4.79 Å². The van der Waals surface area contributed by atoms with Crippen LogP contribution in [0.1, 0.15) is 36.0 Å². The number of carbonyl (C=O) groups is 1. The standard InChI is InChI=1S/C14H19NO2/c16-13-6-4-5-12(11-13)14(17)7-10-15-8-2-1-3-9-15/h4-6,11,16H,1-3,7-10H2. The summed E-state index contributed by atoms with van der Waals surface area (Å²) in [6.07, 6.45) is 4.36. The molecule has 0 unspecified atom stereocenters. The van der Waals surface area contributed by atoms with Crippen LogP contribution in [0.25, 0.3) is 0 Å². The molecule has 1 fully saturated rings. The molecule has 2 rings (SSSR count). The third kappa shape index (κ3) is 3.56. The Balaban J connectivity index is 1.84. The minimum atomic E-state index is 0.117. The number of hydrogen-bond donors (Lipinski definition) is 1. The maximum Gasteiger partial charge on any atom is 0.164 e. The summed E-state index contributed by atoms with van der Waals surface area (Å²) < 4.78 is 0. The van der Waals surface area contributed by atoms with Crippen LogP contribution >= 0.6 is 0 Å². The van der Waals surface area contributed by atoms with Crippen molar-refractivity contribution in [1.29, 1.82) is 0 Å². The van der Waals surface area contributed by atoms with Crippen molar-refractivity contribution < 1.29 is 9.90 Å². The molecule has 1 aliphatic rings. The van der Waals surface area contributed by atoms with Crippen molar-refractivity contribution in [3.63, 3.8) is 0 Å². The third-order valence-corrected chi connectivity index (χ3v) is 3.27. The number of phenols is 1. The number of rotatable bonds is 4. The van der Waals surface area contributed by atoms with Gasteiger partial charge in [0.05, 0.1) is 0 Å². The van der Waals surface area contributed by atoms with Gasteiger partial charge in [0.25, 0.3) is 0 Å². The van der Waals surface area contributed by atoms with Gasteiger partial charge in [-0.25, -0.2) is 0 Å². The third-order valence-electron chi connectivity index (χ3n) is 3.27. The van der Waals surface area contributed by atoms with Gasteiger partial charge in [-0.2, -0.15) is 0 Å². The summed E-state index contributed by atoms with van der Waals surface area (Å²) in [5.74, 6) is 0.278. The largest absolute Gasteiger partial charge is 0.508 e. The number of aromatic hydroxyl groups is 1. The Hall–Kier alpha value is -1.35. The minimum absolute atomic E-state index is 0.117. The molecule has 1 saturated heterocycles. The molecular weight excluding hydrogens is 214 g/mol. The molecule has 1 aliphatic heterocycles. The fourth-order valence-electron chi connectivity index (χ4n) is 2.27. The molecule has 3 nitrogen and oxygen atoms in total. The monoisotopic (exact) mass is 233 g/mol. The summed E-state index contributed by atoms with van der Waals surface area (Å²) in [6.45, 7) is 3.08. The van der Waals surface area contributed by atoms with Crippen molar-refractivity contribution >= 4 is 5.78 Å². The fraction of sp³-hybridized carbons (Fsp3) is 0.500. The number of Topliss-reactive ketones (excluding diaryl/α,β-unsaturated/α-hetero) is 1. The summed E-state index contributed by atoms with van der Waals surface area (Å²) >= 11 is 0. The van der Waals surface area contributed by atoms with E-state index >= 15 is 0 Å². The lowest BCUT2D eigenvalue weighted by Crippen LogP contribution is -2.31. The Morgan fingerprint density at radius 1 is 1.24 bits per heavy atom. The Bertz CT molecular complexity index is 384. The van der Waals surface area contributed by atoms with Crippen LogP contribution in [0.5, 0.6) is 5.75 Å². The van der Waals surface area contributed by atoms with Crippen molar-refractivity contribution in [1.82, 2.24) is 4.90 Å². The molecule has 0 bridgehead atoms. The number of benzene rings is 1. The average molecular weight is 233 g/mol. The quantitative estimate of drug-likeness (QED) is 0.812. The van der Waals surface area contributed by atoms with Gasteiger partial charge in [0.15, 0.2) is 5.78 Å². The fourth-order valence-corrected chi connectivity index (χ4v) is 2.27. The first kappa shape index (κ1) is 12.1. The van der Waals surface area contributed by atoms with Gasteiger partial charge < -0.3 is 10.0 Å². The molecule has 0 aromatic heterocycles. The normalized spacial score (nSPS) is 16.9. The zero-order valence-electron chi connectivity index (χ0n) is 10.1. The lowest BCUT2D eigenvalue weighted by atomic mass is 10.1. The molecular formula is C14H19NO2. The predicted molar refractivity (Wildman–Crippen MR) is 67.3 cm³/mol. The first-order chi connectivity index (χ1) is 8.25. The van der Waals surface area contributed by atoms with Gasteiger partial charge in [-0.1, -0.05) is 18.6 Å². The molecule has 3 heteroatoms. The Kier molecular flexibility index (Phi) is 4.15. The molecule has 0 amide bonds. The lowest BCUT2D eigenvalue weighted by molar-refractivity contribution is 0.0958. The van der Waals surface area contributed by atoms with E-state index in [-0.39, 0.29) is 11.5 Å². The average Bonchev–Trinajstić information content (AvgIpc) is 2.37. The van der Waals surface area contributed by atoms with Crippen LogP contribution in [-0.2, 0) is 0 Å². The first-order valence-electron chi connectivity index (χ1n) is 6.30. The molecule has 0 radical (unpaired) electrons. The summed E-state index contributed by atoms with van der Waals surface area (Å²) in [4.78, 5) is 14.3. The van der Waals surface area contributed by atoms with Gasteiger partial charge >= 0.3 is 0 Å². The van der Waals surface area contributed by atoms with Crippen molar-refractivity contribution in [2.24, 2.45) is 0 Å². The SMILES string of the molecule is O=C(CCN1CCCCC1)c1cccc(O)c1. The highest BCUT2D eigenvalue weighted by Crippen LogP contribution is 2.14. The molecule has 1 aromatic carbocycles. The molecule has 0 spiro atoms. The van der Waals surface area contributed by atoms with E-state index in [1.807, 2.05) is 0 Å². The maximum absolute atomic E-state index is 11.9. The first-order valence-corrected chi connectivity index (χ1v) is 6.30. The van der Waals surface area contributed by atoms with E-state index in [9.17, 15) is 9.90 Å². The minimum Gasteiger partial charge on any atom is -0.508 e. The van der Waals surface area contributed by atoms with Gasteiger partial charge in [-0.15, -0.1) is 0 Å². The number of carbonyl (C=O) groups excluding carboxylic acids is 1. The summed E-state index contributed by atoms with van der Waals surface area (Å²) in [5, 5.41) is 9.32. The summed E-state index contributed by atoms with van der Waals surface area (Å²) in [5.41, 5.74) is 0.613. The van der Waals surface area contributed by atoms with Crippen LogP contribution in [-0.4, -0.2) is 35.4 Å². The molecule has 92 valence electrons. The smallest absolute Gasteiger partial charge is 0.164 e. The zero-order valence-corrected chi connectivity index (χ0v) is 10.1.